The maximum Gasteiger partial charge on any atom is 0.308 e. The molecule has 0 bridgehead atoms. The standard InChI is InChI=1S/C30H32N2O3/c1-2-6-27(19-30(33)35-22-31)25-14-16-28(17-15-25)34-21-24-12-10-23(11-13-24)20-32-18-5-8-26-7-3-4-9-29(26)32/h3-4,7,9-17,27H,5,8,18-22,31H2,1H3/t27-/m0/s1. The number of hydrogen-bond donors (Lipinski definition) is 1. The highest BCUT2D eigenvalue weighted by molar-refractivity contribution is 5.71. The Labute approximate surface area is 207 Å². The Morgan fingerprint density at radius 2 is 1.77 bits per heavy atom. The van der Waals surface area contributed by atoms with Gasteiger partial charge in [0.1, 0.15) is 19.1 Å². The van der Waals surface area contributed by atoms with Crippen LogP contribution in [-0.4, -0.2) is 19.2 Å². The van der Waals surface area contributed by atoms with Crippen molar-refractivity contribution in [2.24, 2.45) is 5.73 Å². The van der Waals surface area contributed by atoms with Gasteiger partial charge < -0.3 is 14.4 Å². The van der Waals surface area contributed by atoms with Gasteiger partial charge in [0.05, 0.1) is 12.3 Å². The van der Waals surface area contributed by atoms with E-state index in [2.05, 4.69) is 65.3 Å². The molecule has 0 radical (unpaired) electrons. The van der Waals surface area contributed by atoms with Crippen LogP contribution in [-0.2, 0) is 29.1 Å². The number of benzene rings is 3. The smallest absolute Gasteiger partial charge is 0.308 e. The number of nitrogens with two attached hydrogens (primary N) is 1. The minimum absolute atomic E-state index is 0.120. The summed E-state index contributed by atoms with van der Waals surface area (Å²) in [6.45, 7) is 4.14. The lowest BCUT2D eigenvalue weighted by atomic mass is 9.96. The predicted molar refractivity (Wildman–Crippen MR) is 139 cm³/mol. The van der Waals surface area contributed by atoms with E-state index in [1.54, 1.807) is 6.92 Å². The zero-order valence-corrected chi connectivity index (χ0v) is 20.2. The summed E-state index contributed by atoms with van der Waals surface area (Å²) in [6, 6.07) is 25.1. The molecule has 5 heteroatoms. The minimum atomic E-state index is -0.353. The third-order valence-corrected chi connectivity index (χ3v) is 6.22. The van der Waals surface area contributed by atoms with Crippen LogP contribution in [0.15, 0.2) is 72.8 Å². The van der Waals surface area contributed by atoms with Crippen molar-refractivity contribution in [3.05, 3.63) is 95.1 Å². The van der Waals surface area contributed by atoms with Gasteiger partial charge in [0.2, 0.25) is 0 Å². The molecular formula is C30H32N2O3. The number of fused-ring (bicyclic) bond motifs is 1. The summed E-state index contributed by atoms with van der Waals surface area (Å²) < 4.78 is 10.8. The van der Waals surface area contributed by atoms with E-state index in [9.17, 15) is 4.79 Å². The Morgan fingerprint density at radius 1 is 1.03 bits per heavy atom. The van der Waals surface area contributed by atoms with Crippen molar-refractivity contribution in [3.8, 4) is 17.6 Å². The number of rotatable bonds is 9. The van der Waals surface area contributed by atoms with Crippen molar-refractivity contribution in [2.45, 2.75) is 45.3 Å². The van der Waals surface area contributed by atoms with Crippen LogP contribution in [0.4, 0.5) is 5.69 Å². The molecule has 0 fully saturated rings. The molecule has 0 saturated carbocycles. The lowest BCUT2D eigenvalue weighted by Crippen LogP contribution is -2.28. The number of carbonyl (C=O) groups is 1. The number of carbonyl (C=O) groups excluding carboxylic acids is 1. The molecule has 1 aliphatic heterocycles. The maximum absolute atomic E-state index is 11.8. The van der Waals surface area contributed by atoms with Crippen LogP contribution in [0.2, 0.25) is 0 Å². The second kappa shape index (κ2) is 12.1. The summed E-state index contributed by atoms with van der Waals surface area (Å²) >= 11 is 0. The molecule has 0 spiro atoms. The number of hydrogen-bond acceptors (Lipinski definition) is 5. The second-order valence-electron chi connectivity index (χ2n) is 8.66. The number of esters is 1. The van der Waals surface area contributed by atoms with E-state index in [0.717, 1.165) is 36.4 Å². The van der Waals surface area contributed by atoms with Crippen LogP contribution in [0.5, 0.6) is 5.75 Å². The molecule has 0 saturated heterocycles. The zero-order valence-electron chi connectivity index (χ0n) is 20.2. The highest BCUT2D eigenvalue weighted by atomic mass is 16.5. The topological polar surface area (TPSA) is 64.8 Å². The normalized spacial score (nSPS) is 13.3. The molecule has 1 atom stereocenters. The van der Waals surface area contributed by atoms with E-state index in [4.69, 9.17) is 15.2 Å². The Kier molecular flexibility index (Phi) is 8.43. The first-order valence-electron chi connectivity index (χ1n) is 12.1. The monoisotopic (exact) mass is 468 g/mol. The number of para-hydroxylation sites is 1. The van der Waals surface area contributed by atoms with Gasteiger partial charge in [-0.1, -0.05) is 60.5 Å². The molecule has 3 aromatic carbocycles. The second-order valence-corrected chi connectivity index (χ2v) is 8.66. The molecule has 0 amide bonds. The number of aryl methyl sites for hydroxylation is 1. The average Bonchev–Trinajstić information content (AvgIpc) is 2.89. The van der Waals surface area contributed by atoms with E-state index in [0.29, 0.717) is 6.61 Å². The Hall–Kier alpha value is -3.75. The largest absolute Gasteiger partial charge is 0.489 e. The maximum atomic E-state index is 11.8. The van der Waals surface area contributed by atoms with Crippen molar-refractivity contribution >= 4 is 11.7 Å². The summed E-state index contributed by atoms with van der Waals surface area (Å²) in [5, 5.41) is 0. The fraction of sp³-hybridized carbons (Fsp3) is 0.300. The fourth-order valence-electron chi connectivity index (χ4n) is 4.45. The third kappa shape index (κ3) is 6.65. The van der Waals surface area contributed by atoms with Crippen LogP contribution in [0.3, 0.4) is 0 Å². The van der Waals surface area contributed by atoms with E-state index in [1.807, 2.05) is 24.3 Å². The van der Waals surface area contributed by atoms with Gasteiger partial charge in [-0.15, -0.1) is 5.92 Å². The highest BCUT2D eigenvalue weighted by Crippen LogP contribution is 2.28. The minimum Gasteiger partial charge on any atom is -0.489 e. The van der Waals surface area contributed by atoms with Crippen molar-refractivity contribution in [1.82, 2.24) is 0 Å². The van der Waals surface area contributed by atoms with Crippen molar-refractivity contribution < 1.29 is 14.3 Å². The molecular weight excluding hydrogens is 436 g/mol. The summed E-state index contributed by atoms with van der Waals surface area (Å²) in [5.74, 6) is 6.15. The van der Waals surface area contributed by atoms with Gasteiger partial charge in [-0.25, -0.2) is 0 Å². The lowest BCUT2D eigenvalue weighted by Gasteiger charge is -2.31. The quantitative estimate of drug-likeness (QED) is 0.266. The van der Waals surface area contributed by atoms with Crippen LogP contribution in [0, 0.1) is 11.8 Å². The summed E-state index contributed by atoms with van der Waals surface area (Å²) in [4.78, 5) is 14.3. The molecule has 4 rings (SSSR count). The van der Waals surface area contributed by atoms with Crippen LogP contribution in [0.25, 0.3) is 0 Å². The Bertz CT molecular complexity index is 1180. The first-order valence-corrected chi connectivity index (χ1v) is 12.1. The molecule has 5 nitrogen and oxygen atoms in total. The van der Waals surface area contributed by atoms with Gasteiger partial charge in [0, 0.05) is 18.8 Å². The Morgan fingerprint density at radius 3 is 2.51 bits per heavy atom. The highest BCUT2D eigenvalue weighted by Gasteiger charge is 2.17. The van der Waals surface area contributed by atoms with Crippen molar-refractivity contribution in [3.63, 3.8) is 0 Å². The Balaban J connectivity index is 1.32. The molecule has 0 unspecified atom stereocenters. The summed E-state index contributed by atoms with van der Waals surface area (Å²) in [7, 11) is 0. The molecule has 35 heavy (non-hydrogen) atoms. The molecule has 3 aromatic rings. The first kappa shape index (κ1) is 24.4. The lowest BCUT2D eigenvalue weighted by molar-refractivity contribution is -0.143. The van der Waals surface area contributed by atoms with Gasteiger partial charge in [-0.3, -0.25) is 10.5 Å². The van der Waals surface area contributed by atoms with E-state index in [1.165, 1.54) is 23.2 Å². The molecule has 2 N–H and O–H groups in total. The van der Waals surface area contributed by atoms with Crippen molar-refractivity contribution in [1.29, 1.82) is 0 Å². The van der Waals surface area contributed by atoms with Gasteiger partial charge in [-0.2, -0.15) is 0 Å². The number of ether oxygens (including phenoxy) is 2. The summed E-state index contributed by atoms with van der Waals surface area (Å²) in [6.07, 6.45) is 2.54. The van der Waals surface area contributed by atoms with Gasteiger partial charge in [0.15, 0.2) is 0 Å². The van der Waals surface area contributed by atoms with Crippen LogP contribution >= 0.6 is 0 Å². The molecule has 1 aliphatic rings. The summed E-state index contributed by atoms with van der Waals surface area (Å²) in [5.41, 5.74) is 11.5. The van der Waals surface area contributed by atoms with E-state index in [-0.39, 0.29) is 25.0 Å². The van der Waals surface area contributed by atoms with Gasteiger partial charge in [-0.05, 0) is 60.2 Å². The zero-order chi connectivity index (χ0) is 24.5. The number of anilines is 1. The van der Waals surface area contributed by atoms with Gasteiger partial charge >= 0.3 is 5.97 Å². The molecule has 180 valence electrons. The van der Waals surface area contributed by atoms with E-state index >= 15 is 0 Å². The molecule has 0 aliphatic carbocycles. The predicted octanol–water partition coefficient (Wildman–Crippen LogP) is 5.17. The molecule has 0 aromatic heterocycles. The van der Waals surface area contributed by atoms with E-state index < -0.39 is 0 Å². The van der Waals surface area contributed by atoms with Crippen LogP contribution in [0.1, 0.15) is 47.9 Å². The first-order chi connectivity index (χ1) is 17.2. The fourth-order valence-corrected chi connectivity index (χ4v) is 4.45. The van der Waals surface area contributed by atoms with Gasteiger partial charge in [0.25, 0.3) is 0 Å². The van der Waals surface area contributed by atoms with Crippen LogP contribution < -0.4 is 15.4 Å². The average molecular weight is 469 g/mol. The van der Waals surface area contributed by atoms with Crippen molar-refractivity contribution in [2.75, 3.05) is 18.2 Å². The SMILES string of the molecule is CC#C[C@@H](CC(=O)OCN)c1ccc(OCc2ccc(CN3CCCc4ccccc43)cc2)cc1. The molecule has 1 heterocycles. The third-order valence-electron chi connectivity index (χ3n) is 6.22. The number of nitrogens with zero attached hydrogens (tertiary/aromatic N) is 1.